The Kier molecular flexibility index (Phi) is 4.71. The van der Waals surface area contributed by atoms with Gasteiger partial charge in [0.1, 0.15) is 11.6 Å². The first-order valence-electron chi connectivity index (χ1n) is 9.26. The number of rotatable bonds is 3. The van der Waals surface area contributed by atoms with Gasteiger partial charge in [-0.05, 0) is 29.3 Å². The van der Waals surface area contributed by atoms with Crippen LogP contribution in [0.25, 0.3) is 11.1 Å². The maximum absolute atomic E-state index is 14.0. The van der Waals surface area contributed by atoms with Crippen molar-refractivity contribution in [1.29, 1.82) is 0 Å². The standard InChI is InChI=1S/C22H21F2N3O/c1-14(28)27-10-9-22-19(13-27)21(25-26(22)2)11-15-3-5-16(6-4-15)18-12-17(23)7-8-20(18)24/h3-8,12H,9-11,13H2,1-2H3. The summed E-state index contributed by atoms with van der Waals surface area (Å²) >= 11 is 0. The lowest BCUT2D eigenvalue weighted by atomic mass is 9.98. The van der Waals surface area contributed by atoms with Crippen LogP contribution in [0.2, 0.25) is 0 Å². The summed E-state index contributed by atoms with van der Waals surface area (Å²) in [5.74, 6) is -0.838. The number of benzene rings is 2. The van der Waals surface area contributed by atoms with E-state index >= 15 is 0 Å². The molecule has 3 aromatic rings. The first kappa shape index (κ1) is 18.3. The molecule has 0 bridgehead atoms. The monoisotopic (exact) mass is 381 g/mol. The van der Waals surface area contributed by atoms with E-state index in [2.05, 4.69) is 5.10 Å². The quantitative estimate of drug-likeness (QED) is 0.691. The van der Waals surface area contributed by atoms with Crippen molar-refractivity contribution in [2.24, 2.45) is 7.05 Å². The molecule has 1 aromatic heterocycles. The number of carbonyl (C=O) groups excluding carboxylic acids is 1. The van der Waals surface area contributed by atoms with Crippen LogP contribution >= 0.6 is 0 Å². The van der Waals surface area contributed by atoms with E-state index in [0.717, 1.165) is 41.9 Å². The van der Waals surface area contributed by atoms with E-state index < -0.39 is 11.6 Å². The zero-order valence-corrected chi connectivity index (χ0v) is 15.9. The first-order valence-corrected chi connectivity index (χ1v) is 9.26. The zero-order chi connectivity index (χ0) is 19.8. The van der Waals surface area contributed by atoms with Gasteiger partial charge in [0.25, 0.3) is 0 Å². The molecule has 4 rings (SSSR count). The van der Waals surface area contributed by atoms with Crippen LogP contribution in [0.5, 0.6) is 0 Å². The van der Waals surface area contributed by atoms with Gasteiger partial charge in [0.2, 0.25) is 5.91 Å². The second-order valence-electron chi connectivity index (χ2n) is 7.18. The number of hydrogen-bond acceptors (Lipinski definition) is 2. The molecule has 0 spiro atoms. The lowest BCUT2D eigenvalue weighted by Gasteiger charge is -2.26. The number of aromatic nitrogens is 2. The van der Waals surface area contributed by atoms with Crippen molar-refractivity contribution in [1.82, 2.24) is 14.7 Å². The van der Waals surface area contributed by atoms with Gasteiger partial charge in [0.05, 0.1) is 5.69 Å². The molecule has 0 fully saturated rings. The fourth-order valence-corrected chi connectivity index (χ4v) is 3.79. The lowest BCUT2D eigenvalue weighted by Crippen LogP contribution is -2.34. The molecule has 1 aliphatic rings. The lowest BCUT2D eigenvalue weighted by molar-refractivity contribution is -0.129. The molecule has 0 unspecified atom stereocenters. The maximum Gasteiger partial charge on any atom is 0.219 e. The molecule has 28 heavy (non-hydrogen) atoms. The van der Waals surface area contributed by atoms with Crippen LogP contribution in [0, 0.1) is 11.6 Å². The van der Waals surface area contributed by atoms with Gasteiger partial charge in [-0.3, -0.25) is 9.48 Å². The van der Waals surface area contributed by atoms with Crippen molar-refractivity contribution >= 4 is 5.91 Å². The van der Waals surface area contributed by atoms with Crippen LogP contribution in [0.4, 0.5) is 8.78 Å². The van der Waals surface area contributed by atoms with E-state index in [1.54, 1.807) is 19.1 Å². The molecule has 0 atom stereocenters. The van der Waals surface area contributed by atoms with Gasteiger partial charge in [0.15, 0.2) is 0 Å². The summed E-state index contributed by atoms with van der Waals surface area (Å²) in [6.45, 7) is 2.89. The molecule has 1 aliphatic heterocycles. The van der Waals surface area contributed by atoms with Crippen molar-refractivity contribution in [3.05, 3.63) is 76.6 Å². The van der Waals surface area contributed by atoms with Crippen LogP contribution in [-0.2, 0) is 31.2 Å². The van der Waals surface area contributed by atoms with Gasteiger partial charge in [-0.15, -0.1) is 0 Å². The summed E-state index contributed by atoms with van der Waals surface area (Å²) < 4.78 is 29.3. The van der Waals surface area contributed by atoms with E-state index in [-0.39, 0.29) is 11.5 Å². The number of halogens is 2. The third-order valence-electron chi connectivity index (χ3n) is 5.34. The predicted molar refractivity (Wildman–Crippen MR) is 103 cm³/mol. The van der Waals surface area contributed by atoms with Crippen LogP contribution in [0.3, 0.4) is 0 Å². The Balaban J connectivity index is 1.59. The SMILES string of the molecule is CC(=O)N1CCc2c(c(Cc3ccc(-c4cc(F)ccc4F)cc3)nn2C)C1. The summed E-state index contributed by atoms with van der Waals surface area (Å²) in [7, 11) is 1.93. The van der Waals surface area contributed by atoms with E-state index in [4.69, 9.17) is 0 Å². The van der Waals surface area contributed by atoms with Gasteiger partial charge in [-0.25, -0.2) is 8.78 Å². The second-order valence-corrected chi connectivity index (χ2v) is 7.18. The largest absolute Gasteiger partial charge is 0.338 e. The highest BCUT2D eigenvalue weighted by Crippen LogP contribution is 2.27. The molecule has 1 amide bonds. The average Bonchev–Trinajstić information content (AvgIpc) is 2.99. The van der Waals surface area contributed by atoms with E-state index in [9.17, 15) is 13.6 Å². The molecular formula is C22H21F2N3O. The molecule has 0 saturated carbocycles. The van der Waals surface area contributed by atoms with Crippen molar-refractivity contribution in [2.75, 3.05) is 6.54 Å². The highest BCUT2D eigenvalue weighted by Gasteiger charge is 2.25. The molecule has 0 saturated heterocycles. The maximum atomic E-state index is 14.0. The Labute approximate surface area is 162 Å². The van der Waals surface area contributed by atoms with Gasteiger partial charge < -0.3 is 4.90 Å². The Morgan fingerprint density at radius 1 is 1.14 bits per heavy atom. The number of carbonyl (C=O) groups is 1. The minimum absolute atomic E-state index is 0.0712. The van der Waals surface area contributed by atoms with Gasteiger partial charge in [0, 0.05) is 56.7 Å². The minimum atomic E-state index is -0.462. The molecule has 2 aromatic carbocycles. The highest BCUT2D eigenvalue weighted by atomic mass is 19.1. The van der Waals surface area contributed by atoms with Crippen LogP contribution in [0.15, 0.2) is 42.5 Å². The number of amides is 1. The molecule has 144 valence electrons. The Bertz CT molecular complexity index is 1040. The normalized spacial score (nSPS) is 13.5. The smallest absolute Gasteiger partial charge is 0.219 e. The topological polar surface area (TPSA) is 38.1 Å². The third-order valence-corrected chi connectivity index (χ3v) is 5.34. The Morgan fingerprint density at radius 3 is 2.61 bits per heavy atom. The minimum Gasteiger partial charge on any atom is -0.338 e. The van der Waals surface area contributed by atoms with Crippen molar-refractivity contribution in [2.45, 2.75) is 26.3 Å². The molecule has 0 radical (unpaired) electrons. The van der Waals surface area contributed by atoms with Crippen molar-refractivity contribution in [3.8, 4) is 11.1 Å². The molecule has 2 heterocycles. The number of fused-ring (bicyclic) bond motifs is 1. The second kappa shape index (κ2) is 7.19. The van der Waals surface area contributed by atoms with Gasteiger partial charge >= 0.3 is 0 Å². The van der Waals surface area contributed by atoms with Crippen LogP contribution in [-0.4, -0.2) is 27.1 Å². The average molecular weight is 381 g/mol. The Hall–Kier alpha value is -3.02. The fraction of sp³-hybridized carbons (Fsp3) is 0.273. The summed E-state index contributed by atoms with van der Waals surface area (Å²) in [5, 5.41) is 4.66. The number of nitrogens with zero attached hydrogens (tertiary/aromatic N) is 3. The van der Waals surface area contributed by atoms with Gasteiger partial charge in [-0.1, -0.05) is 24.3 Å². The molecule has 6 heteroatoms. The Morgan fingerprint density at radius 2 is 1.89 bits per heavy atom. The van der Waals surface area contributed by atoms with Crippen molar-refractivity contribution < 1.29 is 13.6 Å². The molecule has 4 nitrogen and oxygen atoms in total. The fourth-order valence-electron chi connectivity index (χ4n) is 3.79. The summed E-state index contributed by atoms with van der Waals surface area (Å²) in [6.07, 6.45) is 1.43. The van der Waals surface area contributed by atoms with Crippen LogP contribution in [0.1, 0.15) is 29.4 Å². The summed E-state index contributed by atoms with van der Waals surface area (Å²) in [5.41, 5.74) is 5.15. The molecule has 0 N–H and O–H groups in total. The van der Waals surface area contributed by atoms with E-state index in [0.29, 0.717) is 18.5 Å². The molecule has 0 aliphatic carbocycles. The van der Waals surface area contributed by atoms with E-state index in [1.807, 2.05) is 28.8 Å². The van der Waals surface area contributed by atoms with Gasteiger partial charge in [-0.2, -0.15) is 5.10 Å². The summed E-state index contributed by atoms with van der Waals surface area (Å²) in [6, 6.07) is 10.9. The number of hydrogen-bond donors (Lipinski definition) is 0. The first-order chi connectivity index (χ1) is 13.4. The third kappa shape index (κ3) is 3.42. The predicted octanol–water partition coefficient (Wildman–Crippen LogP) is 3.86. The van der Waals surface area contributed by atoms with Crippen molar-refractivity contribution in [3.63, 3.8) is 0 Å². The van der Waals surface area contributed by atoms with E-state index in [1.165, 1.54) is 11.8 Å². The highest BCUT2D eigenvalue weighted by molar-refractivity contribution is 5.73. The summed E-state index contributed by atoms with van der Waals surface area (Å²) in [4.78, 5) is 13.6. The number of aryl methyl sites for hydroxylation is 1. The zero-order valence-electron chi connectivity index (χ0n) is 15.9. The molecular weight excluding hydrogens is 360 g/mol. The van der Waals surface area contributed by atoms with Crippen LogP contribution < -0.4 is 0 Å².